The van der Waals surface area contributed by atoms with Crippen molar-refractivity contribution in [2.24, 2.45) is 0 Å². The number of fused-ring (bicyclic) bond motifs is 1. The topological polar surface area (TPSA) is 81.6 Å². The van der Waals surface area contributed by atoms with Crippen LogP contribution in [0.25, 0.3) is 11.8 Å². The maximum Gasteiger partial charge on any atom is 0.266 e. The van der Waals surface area contributed by atoms with Crippen LogP contribution in [0.2, 0.25) is 5.02 Å². The van der Waals surface area contributed by atoms with E-state index in [0.717, 1.165) is 63.2 Å². The third-order valence-corrected chi connectivity index (χ3v) is 8.25. The summed E-state index contributed by atoms with van der Waals surface area (Å²) in [6.45, 7) is 3.89. The predicted octanol–water partition coefficient (Wildman–Crippen LogP) is 6.87. The van der Waals surface area contributed by atoms with E-state index in [1.54, 1.807) is 6.08 Å². The van der Waals surface area contributed by atoms with Crippen LogP contribution in [0.15, 0.2) is 34.3 Å². The van der Waals surface area contributed by atoms with Crippen molar-refractivity contribution in [2.45, 2.75) is 39.5 Å². The molecule has 1 aliphatic rings. The van der Waals surface area contributed by atoms with Crippen molar-refractivity contribution in [2.75, 3.05) is 5.32 Å². The van der Waals surface area contributed by atoms with Gasteiger partial charge in [0.05, 0.1) is 10.6 Å². The molecule has 2 aromatic heterocycles. The normalized spacial score (nSPS) is 13.2. The van der Waals surface area contributed by atoms with E-state index in [2.05, 4.69) is 27.3 Å². The Morgan fingerprint density at radius 1 is 1.24 bits per heavy atom. The minimum Gasteiger partial charge on any atom is -0.318 e. The Hall–Kier alpha value is -2.84. The first kappa shape index (κ1) is 23.3. The van der Waals surface area contributed by atoms with Gasteiger partial charge in [-0.05, 0) is 96.9 Å². The summed E-state index contributed by atoms with van der Waals surface area (Å²) in [6.07, 6.45) is 5.52. The Kier molecular flexibility index (Phi) is 6.76. The zero-order chi connectivity index (χ0) is 23.7. The molecule has 0 saturated heterocycles. The Morgan fingerprint density at radius 3 is 2.70 bits per heavy atom. The number of hydrogen-bond acceptors (Lipinski definition) is 4. The lowest BCUT2D eigenvalue weighted by molar-refractivity contribution is -0.112. The molecule has 5 nitrogen and oxygen atoms in total. The van der Waals surface area contributed by atoms with Crippen molar-refractivity contribution in [3.05, 3.63) is 72.3 Å². The Morgan fingerprint density at radius 2 is 2.00 bits per heavy atom. The maximum absolute atomic E-state index is 13.0. The molecule has 1 amide bonds. The second-order valence-electron chi connectivity index (χ2n) is 7.91. The fourth-order valence-corrected chi connectivity index (χ4v) is 5.86. The molecule has 0 bridgehead atoms. The van der Waals surface area contributed by atoms with Crippen molar-refractivity contribution < 1.29 is 4.79 Å². The molecule has 0 fully saturated rings. The minimum atomic E-state index is -0.510. The largest absolute Gasteiger partial charge is 0.318 e. The fourth-order valence-electron chi connectivity index (χ4n) is 4.20. The number of benzene rings is 1. The molecule has 1 aromatic carbocycles. The van der Waals surface area contributed by atoms with Gasteiger partial charge in [-0.2, -0.15) is 10.5 Å². The molecule has 0 saturated carbocycles. The molecule has 0 unspecified atom stereocenters. The summed E-state index contributed by atoms with van der Waals surface area (Å²) in [7, 11) is 0. The number of carbonyl (C=O) groups excluding carboxylic acids is 1. The van der Waals surface area contributed by atoms with E-state index in [4.69, 9.17) is 11.6 Å². The van der Waals surface area contributed by atoms with Crippen molar-refractivity contribution in [3.63, 3.8) is 0 Å². The first-order valence-electron chi connectivity index (χ1n) is 10.5. The van der Waals surface area contributed by atoms with Crippen LogP contribution in [0.3, 0.4) is 0 Å². The summed E-state index contributed by atoms with van der Waals surface area (Å²) in [5, 5.41) is 23.3. The number of halogens is 2. The number of carbonyl (C=O) groups is 1. The van der Waals surface area contributed by atoms with Crippen LogP contribution in [-0.2, 0) is 17.6 Å². The van der Waals surface area contributed by atoms with E-state index in [1.807, 2.05) is 48.7 Å². The average molecular weight is 540 g/mol. The van der Waals surface area contributed by atoms with E-state index in [1.165, 1.54) is 11.3 Å². The molecule has 166 valence electrons. The van der Waals surface area contributed by atoms with Gasteiger partial charge >= 0.3 is 0 Å². The van der Waals surface area contributed by atoms with E-state index >= 15 is 0 Å². The van der Waals surface area contributed by atoms with Crippen LogP contribution in [-0.4, -0.2) is 10.5 Å². The number of nitrogens with one attached hydrogen (secondary N) is 1. The summed E-state index contributed by atoms with van der Waals surface area (Å²) < 4.78 is 2.84. The highest BCUT2D eigenvalue weighted by Crippen LogP contribution is 2.38. The van der Waals surface area contributed by atoms with Gasteiger partial charge < -0.3 is 9.88 Å². The van der Waals surface area contributed by atoms with Gasteiger partial charge in [0.1, 0.15) is 22.7 Å². The first-order chi connectivity index (χ1) is 15.8. The average Bonchev–Trinajstić information content (AvgIpc) is 3.29. The molecule has 4 rings (SSSR count). The van der Waals surface area contributed by atoms with E-state index in [-0.39, 0.29) is 5.57 Å². The summed E-state index contributed by atoms with van der Waals surface area (Å²) in [6, 6.07) is 11.9. The lowest BCUT2D eigenvalue weighted by Crippen LogP contribution is -2.13. The summed E-state index contributed by atoms with van der Waals surface area (Å²) in [5.41, 5.74) is 5.06. The van der Waals surface area contributed by atoms with Gasteiger partial charge in [0, 0.05) is 26.4 Å². The number of anilines is 1. The monoisotopic (exact) mass is 538 g/mol. The standard InChI is InChI=1S/C25H20BrClN4OS/c1-14-9-16(15(2)31(14)18-7-8-21(26)22(27)11-18)10-17(12-28)24(32)30-25-20(13-29)19-5-3-4-6-23(19)33-25/h7-11H,3-6H2,1-2H3,(H,30,32)/b17-10+. The molecule has 1 N–H and O–H groups in total. The number of nitrogens with zero attached hydrogens (tertiary/aromatic N) is 3. The molecule has 0 atom stereocenters. The number of thiophene rings is 1. The highest BCUT2D eigenvalue weighted by atomic mass is 79.9. The molecular formula is C25H20BrClN4OS. The summed E-state index contributed by atoms with van der Waals surface area (Å²) in [5.74, 6) is -0.510. The van der Waals surface area contributed by atoms with Crippen molar-refractivity contribution in [3.8, 4) is 17.8 Å². The van der Waals surface area contributed by atoms with Crippen LogP contribution in [0, 0.1) is 36.5 Å². The van der Waals surface area contributed by atoms with Crippen LogP contribution < -0.4 is 5.32 Å². The number of rotatable bonds is 4. The van der Waals surface area contributed by atoms with E-state index in [0.29, 0.717) is 15.6 Å². The van der Waals surface area contributed by atoms with Crippen LogP contribution in [0.1, 0.15) is 45.8 Å². The van der Waals surface area contributed by atoms with Crippen molar-refractivity contribution in [1.29, 1.82) is 10.5 Å². The van der Waals surface area contributed by atoms with Crippen LogP contribution in [0.4, 0.5) is 5.00 Å². The Balaban J connectivity index is 1.66. The number of aromatic nitrogens is 1. The molecule has 0 aliphatic heterocycles. The molecule has 3 aromatic rings. The van der Waals surface area contributed by atoms with E-state index in [9.17, 15) is 15.3 Å². The van der Waals surface area contributed by atoms with Crippen LogP contribution in [0.5, 0.6) is 0 Å². The molecule has 8 heteroatoms. The van der Waals surface area contributed by atoms with Crippen molar-refractivity contribution in [1.82, 2.24) is 4.57 Å². The van der Waals surface area contributed by atoms with Gasteiger partial charge in [0.25, 0.3) is 5.91 Å². The van der Waals surface area contributed by atoms with Crippen LogP contribution >= 0.6 is 38.9 Å². The number of amides is 1. The van der Waals surface area contributed by atoms with Gasteiger partial charge in [0.15, 0.2) is 0 Å². The quantitative estimate of drug-likeness (QED) is 0.290. The van der Waals surface area contributed by atoms with Crippen molar-refractivity contribution >= 4 is 55.9 Å². The lowest BCUT2D eigenvalue weighted by Gasteiger charge is -2.11. The van der Waals surface area contributed by atoms with Gasteiger partial charge in [-0.15, -0.1) is 11.3 Å². The smallest absolute Gasteiger partial charge is 0.266 e. The van der Waals surface area contributed by atoms with Gasteiger partial charge in [0.2, 0.25) is 0 Å². The van der Waals surface area contributed by atoms with E-state index < -0.39 is 5.91 Å². The molecular weight excluding hydrogens is 520 g/mol. The maximum atomic E-state index is 13.0. The molecule has 0 radical (unpaired) electrons. The molecule has 0 spiro atoms. The lowest BCUT2D eigenvalue weighted by atomic mass is 9.96. The van der Waals surface area contributed by atoms with Gasteiger partial charge in [-0.1, -0.05) is 11.6 Å². The third-order valence-electron chi connectivity index (χ3n) is 5.81. The third kappa shape index (κ3) is 4.50. The minimum absolute atomic E-state index is 0.0145. The second-order valence-corrected chi connectivity index (χ2v) is 10.3. The fraction of sp³-hybridized carbons (Fsp3) is 0.240. The zero-order valence-electron chi connectivity index (χ0n) is 18.1. The summed E-state index contributed by atoms with van der Waals surface area (Å²) >= 11 is 11.1. The Bertz CT molecular complexity index is 1390. The molecule has 2 heterocycles. The van der Waals surface area contributed by atoms with Gasteiger partial charge in [-0.3, -0.25) is 4.79 Å². The number of hydrogen-bond donors (Lipinski definition) is 1. The highest BCUT2D eigenvalue weighted by molar-refractivity contribution is 9.10. The first-order valence-corrected chi connectivity index (χ1v) is 12.4. The number of aryl methyl sites for hydroxylation is 2. The predicted molar refractivity (Wildman–Crippen MR) is 136 cm³/mol. The molecule has 33 heavy (non-hydrogen) atoms. The molecule has 1 aliphatic carbocycles. The highest BCUT2D eigenvalue weighted by Gasteiger charge is 2.23. The zero-order valence-corrected chi connectivity index (χ0v) is 21.3. The second kappa shape index (κ2) is 9.57. The Labute approximate surface area is 210 Å². The number of nitriles is 2. The van der Waals surface area contributed by atoms with Gasteiger partial charge in [-0.25, -0.2) is 0 Å². The summed E-state index contributed by atoms with van der Waals surface area (Å²) in [4.78, 5) is 14.1. The SMILES string of the molecule is Cc1cc(/C=C(\C#N)C(=O)Nc2sc3c(c2C#N)CCCC3)c(C)n1-c1ccc(Br)c(Cl)c1.